The number of nitriles is 1. The molecular weight excluding hydrogens is 262 g/mol. The van der Waals surface area contributed by atoms with Gasteiger partial charge >= 0.3 is 0 Å². The van der Waals surface area contributed by atoms with E-state index in [1.54, 1.807) is 18.2 Å². The summed E-state index contributed by atoms with van der Waals surface area (Å²) in [7, 11) is 0. The van der Waals surface area contributed by atoms with E-state index in [0.29, 0.717) is 23.1 Å². The smallest absolute Gasteiger partial charge is 0.123 e. The van der Waals surface area contributed by atoms with E-state index in [0.717, 1.165) is 12.0 Å². The van der Waals surface area contributed by atoms with E-state index in [-0.39, 0.29) is 11.5 Å². The van der Waals surface area contributed by atoms with E-state index in [1.807, 2.05) is 37.3 Å². The molecule has 0 radical (unpaired) electrons. The number of aromatic hydroxyl groups is 2. The van der Waals surface area contributed by atoms with Crippen LogP contribution >= 0.6 is 0 Å². The molecule has 0 aromatic heterocycles. The van der Waals surface area contributed by atoms with E-state index in [4.69, 9.17) is 0 Å². The van der Waals surface area contributed by atoms with Gasteiger partial charge in [-0.2, -0.15) is 5.26 Å². The van der Waals surface area contributed by atoms with Gasteiger partial charge < -0.3 is 10.2 Å². The van der Waals surface area contributed by atoms with Crippen molar-refractivity contribution in [3.8, 4) is 17.6 Å². The predicted molar refractivity (Wildman–Crippen MR) is 83.7 cm³/mol. The lowest BCUT2D eigenvalue weighted by atomic mass is 10.0. The fourth-order valence-electron chi connectivity index (χ4n) is 2.22. The Kier molecular flexibility index (Phi) is 4.63. The molecule has 3 nitrogen and oxygen atoms in total. The minimum absolute atomic E-state index is 0.0634. The molecule has 2 rings (SSSR count). The molecule has 3 heteroatoms. The second-order valence-corrected chi connectivity index (χ2v) is 4.82. The van der Waals surface area contributed by atoms with Crippen LogP contribution in [0.4, 0.5) is 0 Å². The lowest BCUT2D eigenvalue weighted by Crippen LogP contribution is -1.88. The van der Waals surface area contributed by atoms with Crippen LogP contribution in [0.3, 0.4) is 0 Å². The summed E-state index contributed by atoms with van der Waals surface area (Å²) in [5.41, 5.74) is 2.44. The van der Waals surface area contributed by atoms with Crippen LogP contribution in [-0.4, -0.2) is 10.2 Å². The molecule has 2 N–H and O–H groups in total. The predicted octanol–water partition coefficient (Wildman–Crippen LogP) is 4.11. The molecule has 0 saturated carbocycles. The summed E-state index contributed by atoms with van der Waals surface area (Å²) in [5.74, 6) is 0.127. The molecule has 0 amide bonds. The normalized spacial score (nSPS) is 11.1. The summed E-state index contributed by atoms with van der Waals surface area (Å²) < 4.78 is 0. The van der Waals surface area contributed by atoms with Crippen LogP contribution in [0.25, 0.3) is 11.6 Å². The van der Waals surface area contributed by atoms with Crippen molar-refractivity contribution in [2.75, 3.05) is 0 Å². The Morgan fingerprint density at radius 2 is 1.76 bits per heavy atom. The van der Waals surface area contributed by atoms with Crippen molar-refractivity contribution in [2.24, 2.45) is 0 Å². The van der Waals surface area contributed by atoms with E-state index in [1.165, 1.54) is 0 Å². The summed E-state index contributed by atoms with van der Waals surface area (Å²) in [4.78, 5) is 0. The molecule has 0 aliphatic carbocycles. The number of allylic oxidation sites excluding steroid dienone is 1. The number of nitrogens with zero attached hydrogens (tertiary/aromatic N) is 1. The molecule has 0 bridgehead atoms. The summed E-state index contributed by atoms with van der Waals surface area (Å²) in [6.45, 7) is 1.98. The first-order valence-electron chi connectivity index (χ1n) is 6.87. The highest BCUT2D eigenvalue weighted by atomic mass is 16.3. The summed E-state index contributed by atoms with van der Waals surface area (Å²) in [6.07, 6.45) is 3.11. The first-order chi connectivity index (χ1) is 10.2. The highest BCUT2D eigenvalue weighted by Gasteiger charge is 2.09. The number of hydrogen-bond donors (Lipinski definition) is 2. The van der Waals surface area contributed by atoms with Crippen LogP contribution in [0, 0.1) is 11.3 Å². The molecule has 2 aromatic carbocycles. The Morgan fingerprint density at radius 3 is 2.29 bits per heavy atom. The lowest BCUT2D eigenvalue weighted by Gasteiger charge is -2.08. The van der Waals surface area contributed by atoms with Gasteiger partial charge in [0.15, 0.2) is 0 Å². The number of phenols is 2. The van der Waals surface area contributed by atoms with Crippen molar-refractivity contribution in [2.45, 2.75) is 19.8 Å². The highest BCUT2D eigenvalue weighted by Crippen LogP contribution is 2.31. The van der Waals surface area contributed by atoms with Crippen molar-refractivity contribution >= 4 is 11.6 Å². The summed E-state index contributed by atoms with van der Waals surface area (Å²) in [5, 5.41) is 29.2. The third-order valence-electron chi connectivity index (χ3n) is 3.24. The molecule has 0 heterocycles. The Hall–Kier alpha value is -2.73. The molecule has 21 heavy (non-hydrogen) atoms. The zero-order valence-electron chi connectivity index (χ0n) is 11.9. The Balaban J connectivity index is 2.43. The highest BCUT2D eigenvalue weighted by molar-refractivity contribution is 5.90. The monoisotopic (exact) mass is 279 g/mol. The van der Waals surface area contributed by atoms with Crippen molar-refractivity contribution in [1.82, 2.24) is 0 Å². The summed E-state index contributed by atoms with van der Waals surface area (Å²) >= 11 is 0. The van der Waals surface area contributed by atoms with Gasteiger partial charge in [0.05, 0.1) is 11.6 Å². The van der Waals surface area contributed by atoms with E-state index >= 15 is 0 Å². The van der Waals surface area contributed by atoms with E-state index in [2.05, 4.69) is 6.07 Å². The van der Waals surface area contributed by atoms with Gasteiger partial charge in [-0.05, 0) is 35.8 Å². The van der Waals surface area contributed by atoms with Crippen LogP contribution in [-0.2, 0) is 6.42 Å². The Labute approximate surface area is 124 Å². The first kappa shape index (κ1) is 14.7. The topological polar surface area (TPSA) is 64.2 Å². The van der Waals surface area contributed by atoms with E-state index in [9.17, 15) is 15.5 Å². The van der Waals surface area contributed by atoms with Gasteiger partial charge in [-0.15, -0.1) is 0 Å². The molecule has 0 aliphatic rings. The third-order valence-corrected chi connectivity index (χ3v) is 3.24. The molecule has 0 fully saturated rings. The van der Waals surface area contributed by atoms with Gasteiger partial charge in [-0.1, -0.05) is 43.7 Å². The molecule has 106 valence electrons. The van der Waals surface area contributed by atoms with Gasteiger partial charge in [0.25, 0.3) is 0 Å². The minimum atomic E-state index is 0.0634. The Bertz CT molecular complexity index is 674. The first-order valence-corrected chi connectivity index (χ1v) is 6.87. The molecule has 0 unspecified atom stereocenters. The summed E-state index contributed by atoms with van der Waals surface area (Å²) in [6, 6.07) is 14.6. The molecule has 0 spiro atoms. The van der Waals surface area contributed by atoms with Gasteiger partial charge in [0, 0.05) is 5.56 Å². The molecule has 0 aliphatic heterocycles. The molecular formula is C18H17NO2. The van der Waals surface area contributed by atoms with Crippen molar-refractivity contribution < 1.29 is 10.2 Å². The number of benzene rings is 2. The Morgan fingerprint density at radius 1 is 1.14 bits per heavy atom. The average molecular weight is 279 g/mol. The maximum atomic E-state index is 9.99. The van der Waals surface area contributed by atoms with Crippen LogP contribution in [0.5, 0.6) is 11.5 Å². The van der Waals surface area contributed by atoms with Crippen LogP contribution in [0.1, 0.15) is 30.0 Å². The van der Waals surface area contributed by atoms with Gasteiger partial charge in [0.1, 0.15) is 11.5 Å². The van der Waals surface area contributed by atoms with Crippen molar-refractivity contribution in [3.05, 3.63) is 59.2 Å². The molecule has 0 atom stereocenters. The van der Waals surface area contributed by atoms with Crippen LogP contribution in [0.15, 0.2) is 42.5 Å². The molecule has 2 aromatic rings. The fourth-order valence-corrected chi connectivity index (χ4v) is 2.22. The number of hydrogen-bond acceptors (Lipinski definition) is 3. The fraction of sp³-hybridized carbons (Fsp3) is 0.167. The number of phenolic OH excluding ortho intramolecular Hbond substituents is 2. The van der Waals surface area contributed by atoms with Gasteiger partial charge in [-0.3, -0.25) is 0 Å². The standard InChI is InChI=1S/C18H17NO2/c1-2-6-16-17(20)10-13(11-18(16)21)9-15(12-19)14-7-4-3-5-8-14/h3-5,7-11,20-21H,2,6H2,1H3. The van der Waals surface area contributed by atoms with Gasteiger partial charge in [-0.25, -0.2) is 0 Å². The minimum Gasteiger partial charge on any atom is -0.508 e. The van der Waals surface area contributed by atoms with Crippen molar-refractivity contribution in [3.63, 3.8) is 0 Å². The lowest BCUT2D eigenvalue weighted by molar-refractivity contribution is 0.437. The SMILES string of the molecule is CCCc1c(O)cc(C=C(C#N)c2ccccc2)cc1O. The average Bonchev–Trinajstić information content (AvgIpc) is 2.49. The van der Waals surface area contributed by atoms with Gasteiger partial charge in [0.2, 0.25) is 0 Å². The molecule has 0 saturated heterocycles. The zero-order valence-corrected chi connectivity index (χ0v) is 11.9. The largest absolute Gasteiger partial charge is 0.508 e. The second-order valence-electron chi connectivity index (χ2n) is 4.82. The zero-order chi connectivity index (χ0) is 15.2. The maximum absolute atomic E-state index is 9.99. The van der Waals surface area contributed by atoms with Crippen LogP contribution in [0.2, 0.25) is 0 Å². The third kappa shape index (κ3) is 3.43. The maximum Gasteiger partial charge on any atom is 0.123 e. The second kappa shape index (κ2) is 6.62. The van der Waals surface area contributed by atoms with Crippen LogP contribution < -0.4 is 0 Å². The van der Waals surface area contributed by atoms with E-state index < -0.39 is 0 Å². The quantitative estimate of drug-likeness (QED) is 0.653. The number of rotatable bonds is 4. The van der Waals surface area contributed by atoms with Crippen molar-refractivity contribution in [1.29, 1.82) is 5.26 Å².